The van der Waals surface area contributed by atoms with Crippen molar-refractivity contribution in [2.24, 2.45) is 0 Å². The van der Waals surface area contributed by atoms with Crippen LogP contribution in [-0.4, -0.2) is 13.1 Å². The summed E-state index contributed by atoms with van der Waals surface area (Å²) in [7, 11) is 0.235. The number of hydrogen-bond donors (Lipinski definition) is 0. The molecule has 1 aromatic heterocycles. The van der Waals surface area contributed by atoms with Crippen molar-refractivity contribution in [1.82, 2.24) is 0 Å². The second-order valence-electron chi connectivity index (χ2n) is 6.26. The maximum atomic E-state index is 2.63. The van der Waals surface area contributed by atoms with Crippen molar-refractivity contribution >= 4 is 10.7 Å². The van der Waals surface area contributed by atoms with E-state index in [9.17, 15) is 0 Å². The summed E-state index contributed by atoms with van der Waals surface area (Å²) < 4.78 is 2.63. The fourth-order valence-corrected chi connectivity index (χ4v) is 5.82. The van der Waals surface area contributed by atoms with Gasteiger partial charge in [0.05, 0.1) is 10.7 Å². The van der Waals surface area contributed by atoms with Crippen LogP contribution in [0.1, 0.15) is 76.2 Å². The molecule has 1 unspecified atom stereocenters. The quantitative estimate of drug-likeness (QED) is 0.462. The van der Waals surface area contributed by atoms with Gasteiger partial charge in [-0.3, -0.25) is 0 Å². The summed E-state index contributed by atoms with van der Waals surface area (Å²) in [5, 5.41) is 2.50. The van der Waals surface area contributed by atoms with Crippen LogP contribution in [0.25, 0.3) is 0 Å². The number of nitrogens with zero attached hydrogens (tertiary/aromatic N) is 1. The Hall–Kier alpha value is -0.600. The minimum Gasteiger partial charge on any atom is -0.106 e. The van der Waals surface area contributed by atoms with Crippen molar-refractivity contribution < 1.29 is 0 Å². The first-order valence-corrected chi connectivity index (χ1v) is 9.96. The van der Waals surface area contributed by atoms with Crippen molar-refractivity contribution in [2.45, 2.75) is 72.1 Å². The number of rotatable bonds is 6. The third kappa shape index (κ3) is 3.98. The average Bonchev–Trinajstić information content (AvgIpc) is 2.93. The Balaban J connectivity index is 2.34. The number of allylic oxidation sites excluding steroid dienone is 2. The number of thiophene rings is 1. The smallest absolute Gasteiger partial charge is 0.106 e. The molecule has 0 amide bonds. The van der Waals surface area contributed by atoms with E-state index in [-0.39, 0.29) is 10.7 Å². The maximum absolute atomic E-state index is 2.63. The second kappa shape index (κ2) is 8.14. The van der Waals surface area contributed by atoms with E-state index in [1.54, 1.807) is 10.4 Å². The molecule has 1 heterocycles. The van der Waals surface area contributed by atoms with Gasteiger partial charge in [0.25, 0.3) is 0 Å². The van der Waals surface area contributed by atoms with Gasteiger partial charge in [-0.1, -0.05) is 30.9 Å². The normalized spacial score (nSPS) is 18.5. The summed E-state index contributed by atoms with van der Waals surface area (Å²) in [6, 6.07) is 2.48. The van der Waals surface area contributed by atoms with Gasteiger partial charge in [0.1, 0.15) is 0 Å². The molecular formula is C19H32NS+. The molecule has 1 nitrogen and oxygen atoms in total. The monoisotopic (exact) mass is 306 g/mol. The zero-order valence-corrected chi connectivity index (χ0v) is 15.1. The van der Waals surface area contributed by atoms with Crippen LogP contribution in [-0.2, 0) is 6.42 Å². The summed E-state index contributed by atoms with van der Waals surface area (Å²) in [6.45, 7) is 11.4. The molecule has 2 rings (SSSR count). The molecule has 1 aliphatic carbocycles. The van der Waals surface area contributed by atoms with Crippen molar-refractivity contribution in [3.8, 4) is 0 Å². The van der Waals surface area contributed by atoms with E-state index in [1.807, 2.05) is 0 Å². The second-order valence-corrected chi connectivity index (χ2v) is 8.17. The molecule has 1 aliphatic rings. The molecule has 1 atom stereocenters. The van der Waals surface area contributed by atoms with Crippen LogP contribution in [0.3, 0.4) is 0 Å². The van der Waals surface area contributed by atoms with Crippen molar-refractivity contribution in [3.05, 3.63) is 33.5 Å². The molecule has 0 bridgehead atoms. The summed E-state index contributed by atoms with van der Waals surface area (Å²) in [5.74, 6) is 0.836. The van der Waals surface area contributed by atoms with Crippen molar-refractivity contribution in [3.63, 3.8) is 0 Å². The summed E-state index contributed by atoms with van der Waals surface area (Å²) >= 11 is 0. The summed E-state index contributed by atoms with van der Waals surface area (Å²) in [6.07, 6.45) is 10.6. The molecule has 1 fully saturated rings. The standard InChI is InChI=1S/C19H32NS/c1-5-16(4)15-19-18(17-11-9-8-10-12-17)13-14-21(19)20(6-2)7-3/h5,13-14,17H,6-12,15H2,1-4H3/q+1. The lowest BCUT2D eigenvalue weighted by Gasteiger charge is -2.21. The van der Waals surface area contributed by atoms with E-state index < -0.39 is 0 Å². The lowest BCUT2D eigenvalue weighted by atomic mass is 9.84. The molecule has 1 aromatic rings. The first-order chi connectivity index (χ1) is 10.2. The van der Waals surface area contributed by atoms with Gasteiger partial charge in [0.15, 0.2) is 10.3 Å². The van der Waals surface area contributed by atoms with Gasteiger partial charge in [0, 0.05) is 31.1 Å². The third-order valence-corrected chi connectivity index (χ3v) is 7.26. The van der Waals surface area contributed by atoms with Gasteiger partial charge < -0.3 is 0 Å². The Kier molecular flexibility index (Phi) is 6.50. The highest BCUT2D eigenvalue weighted by Gasteiger charge is 2.29. The zero-order valence-electron chi connectivity index (χ0n) is 14.3. The zero-order chi connectivity index (χ0) is 15.2. The van der Waals surface area contributed by atoms with E-state index in [2.05, 4.69) is 49.5 Å². The van der Waals surface area contributed by atoms with Gasteiger partial charge in [-0.25, -0.2) is 0 Å². The van der Waals surface area contributed by atoms with E-state index in [4.69, 9.17) is 0 Å². The Bertz CT molecular complexity index is 462. The fraction of sp³-hybridized carbons (Fsp3) is 0.684. The molecule has 0 aromatic carbocycles. The highest BCUT2D eigenvalue weighted by atomic mass is 32.2. The highest BCUT2D eigenvalue weighted by molar-refractivity contribution is 7.32. The minimum absolute atomic E-state index is 0.235. The SMILES string of the molecule is CC=C(C)Cc1c(C2CCCCC2)cc[s+]1N(CC)CC. The Morgan fingerprint density at radius 3 is 2.48 bits per heavy atom. The minimum atomic E-state index is 0.235. The van der Waals surface area contributed by atoms with Crippen LogP contribution < -0.4 is 4.31 Å². The Labute approximate surface area is 134 Å². The molecule has 2 heteroatoms. The molecule has 0 aliphatic heterocycles. The molecule has 21 heavy (non-hydrogen) atoms. The molecule has 0 radical (unpaired) electrons. The molecule has 0 N–H and O–H groups in total. The van der Waals surface area contributed by atoms with E-state index in [1.165, 1.54) is 44.1 Å². The van der Waals surface area contributed by atoms with Crippen LogP contribution >= 0.6 is 10.7 Å². The molecular weight excluding hydrogens is 274 g/mol. The molecule has 0 spiro atoms. The summed E-state index contributed by atoms with van der Waals surface area (Å²) in [5.41, 5.74) is 3.22. The highest BCUT2D eigenvalue weighted by Crippen LogP contribution is 2.41. The first kappa shape index (κ1) is 16.8. The molecule has 0 saturated heterocycles. The van der Waals surface area contributed by atoms with Crippen LogP contribution in [0.4, 0.5) is 0 Å². The van der Waals surface area contributed by atoms with Gasteiger partial charge in [0.2, 0.25) is 0 Å². The van der Waals surface area contributed by atoms with Gasteiger partial charge in [-0.2, -0.15) is 0 Å². The predicted octanol–water partition coefficient (Wildman–Crippen LogP) is 5.97. The third-order valence-electron chi connectivity index (χ3n) is 4.91. The van der Waals surface area contributed by atoms with Crippen molar-refractivity contribution in [2.75, 3.05) is 17.4 Å². The van der Waals surface area contributed by atoms with E-state index in [0.29, 0.717) is 0 Å². The summed E-state index contributed by atoms with van der Waals surface area (Å²) in [4.78, 5) is 1.72. The molecule has 118 valence electrons. The van der Waals surface area contributed by atoms with E-state index in [0.717, 1.165) is 19.0 Å². The average molecular weight is 307 g/mol. The van der Waals surface area contributed by atoms with Gasteiger partial charge in [-0.15, -0.1) is 4.31 Å². The predicted molar refractivity (Wildman–Crippen MR) is 97.2 cm³/mol. The van der Waals surface area contributed by atoms with Gasteiger partial charge >= 0.3 is 0 Å². The number of hydrogen-bond acceptors (Lipinski definition) is 1. The maximum Gasteiger partial charge on any atom is 0.179 e. The lowest BCUT2D eigenvalue weighted by molar-refractivity contribution is 0.443. The Morgan fingerprint density at radius 2 is 1.90 bits per heavy atom. The molecule has 1 saturated carbocycles. The van der Waals surface area contributed by atoms with Gasteiger partial charge in [-0.05, 0) is 46.5 Å². The van der Waals surface area contributed by atoms with Crippen LogP contribution in [0.5, 0.6) is 0 Å². The van der Waals surface area contributed by atoms with Crippen LogP contribution in [0, 0.1) is 0 Å². The lowest BCUT2D eigenvalue weighted by Crippen LogP contribution is -2.21. The van der Waals surface area contributed by atoms with Crippen molar-refractivity contribution in [1.29, 1.82) is 0 Å². The van der Waals surface area contributed by atoms with E-state index >= 15 is 0 Å². The topological polar surface area (TPSA) is 3.24 Å². The largest absolute Gasteiger partial charge is 0.179 e. The first-order valence-electron chi connectivity index (χ1n) is 8.72. The van der Waals surface area contributed by atoms with Crippen LogP contribution in [0.2, 0.25) is 0 Å². The van der Waals surface area contributed by atoms with Crippen LogP contribution in [0.15, 0.2) is 23.1 Å². The Morgan fingerprint density at radius 1 is 1.24 bits per heavy atom. The fourth-order valence-electron chi connectivity index (χ4n) is 3.49.